The lowest BCUT2D eigenvalue weighted by Gasteiger charge is -2.27. The van der Waals surface area contributed by atoms with Gasteiger partial charge in [0.25, 0.3) is 0 Å². The summed E-state index contributed by atoms with van der Waals surface area (Å²) in [5.74, 6) is 0.974. The van der Waals surface area contributed by atoms with Crippen LogP contribution in [0.1, 0.15) is 44.6 Å². The maximum absolute atomic E-state index is 11.7. The zero-order chi connectivity index (χ0) is 19.6. The lowest BCUT2D eigenvalue weighted by atomic mass is 10.0. The van der Waals surface area contributed by atoms with Crippen LogP contribution in [0.5, 0.6) is 5.75 Å². The van der Waals surface area contributed by atoms with E-state index in [0.717, 1.165) is 55.6 Å². The number of nitrogens with zero attached hydrogens (tertiary/aromatic N) is 1. The second-order valence-corrected chi connectivity index (χ2v) is 7.42. The number of hydrogen-bond donors (Lipinski definition) is 2. The highest BCUT2D eigenvalue weighted by atomic mass is 16.5. The van der Waals surface area contributed by atoms with Gasteiger partial charge in [0.1, 0.15) is 12.4 Å². The van der Waals surface area contributed by atoms with Crippen molar-refractivity contribution in [2.24, 2.45) is 0 Å². The molecule has 0 radical (unpaired) electrons. The Bertz CT molecular complexity index is 759. The summed E-state index contributed by atoms with van der Waals surface area (Å²) in [7, 11) is 0. The van der Waals surface area contributed by atoms with E-state index in [2.05, 4.69) is 52.9 Å². The van der Waals surface area contributed by atoms with E-state index in [1.807, 2.05) is 6.20 Å². The van der Waals surface area contributed by atoms with Crippen LogP contribution in [0.4, 0.5) is 0 Å². The molecule has 2 N–H and O–H groups in total. The van der Waals surface area contributed by atoms with E-state index in [-0.39, 0.29) is 5.91 Å². The number of aryl methyl sites for hydroxylation is 1. The predicted octanol–water partition coefficient (Wildman–Crippen LogP) is 3.73. The van der Waals surface area contributed by atoms with Gasteiger partial charge in [0, 0.05) is 30.8 Å². The first-order valence-corrected chi connectivity index (χ1v) is 10.4. The standard InChI is InChI=1S/C23H31N3O2/c1-2-3-9-23(27)26-11-5-7-18-6-4-8-19(13-18)20-14-22(16-24-15-20)28-17-21-10-12-25-21/h4,6,8,13-16,21,25H,2-3,5,7,9-12,17H2,1H3,(H,26,27)/t21-/m0/s1. The van der Waals surface area contributed by atoms with Gasteiger partial charge in [-0.2, -0.15) is 0 Å². The molecule has 1 saturated heterocycles. The van der Waals surface area contributed by atoms with Crippen LogP contribution in [0.25, 0.3) is 11.1 Å². The Morgan fingerprint density at radius 1 is 1.25 bits per heavy atom. The maximum atomic E-state index is 11.7. The molecular weight excluding hydrogens is 350 g/mol. The quantitative estimate of drug-likeness (QED) is 0.582. The summed E-state index contributed by atoms with van der Waals surface area (Å²) in [5, 5.41) is 6.34. The first kappa shape index (κ1) is 20.3. The smallest absolute Gasteiger partial charge is 0.219 e. The minimum Gasteiger partial charge on any atom is -0.490 e. The highest BCUT2D eigenvalue weighted by Crippen LogP contribution is 2.24. The van der Waals surface area contributed by atoms with E-state index in [4.69, 9.17) is 4.74 Å². The molecule has 1 amide bonds. The van der Waals surface area contributed by atoms with Gasteiger partial charge in [-0.15, -0.1) is 0 Å². The van der Waals surface area contributed by atoms with Gasteiger partial charge in [0.2, 0.25) is 5.91 Å². The SMILES string of the molecule is CCCCC(=O)NCCCc1cccc(-c2cncc(OC[C@@H]3CCN3)c2)c1. The van der Waals surface area contributed by atoms with Gasteiger partial charge in [0.15, 0.2) is 0 Å². The summed E-state index contributed by atoms with van der Waals surface area (Å²) in [6, 6.07) is 11.0. The molecule has 0 bridgehead atoms. The molecular formula is C23H31N3O2. The lowest BCUT2D eigenvalue weighted by molar-refractivity contribution is -0.121. The topological polar surface area (TPSA) is 63.2 Å². The Balaban J connectivity index is 1.50. The van der Waals surface area contributed by atoms with Crippen molar-refractivity contribution in [3.05, 3.63) is 48.3 Å². The normalized spacial score (nSPS) is 15.7. The third-order valence-electron chi connectivity index (χ3n) is 5.07. The third kappa shape index (κ3) is 6.34. The lowest BCUT2D eigenvalue weighted by Crippen LogP contribution is -2.46. The summed E-state index contributed by atoms with van der Waals surface area (Å²) in [6.07, 6.45) is 9.35. The molecule has 2 heterocycles. The number of hydrogen-bond acceptors (Lipinski definition) is 4. The summed E-state index contributed by atoms with van der Waals surface area (Å²) >= 11 is 0. The largest absolute Gasteiger partial charge is 0.490 e. The van der Waals surface area contributed by atoms with E-state index < -0.39 is 0 Å². The average Bonchev–Trinajstić information content (AvgIpc) is 2.69. The second-order valence-electron chi connectivity index (χ2n) is 7.42. The first-order valence-electron chi connectivity index (χ1n) is 10.4. The molecule has 1 atom stereocenters. The zero-order valence-corrected chi connectivity index (χ0v) is 16.7. The Morgan fingerprint density at radius 2 is 2.14 bits per heavy atom. The molecule has 1 fully saturated rings. The van der Waals surface area contributed by atoms with Gasteiger partial charge in [-0.1, -0.05) is 37.6 Å². The molecule has 150 valence electrons. The molecule has 0 aliphatic carbocycles. The van der Waals surface area contributed by atoms with E-state index in [1.165, 1.54) is 12.0 Å². The number of pyridine rings is 1. The Hall–Kier alpha value is -2.40. The van der Waals surface area contributed by atoms with Crippen molar-refractivity contribution in [3.63, 3.8) is 0 Å². The van der Waals surface area contributed by atoms with Crippen LogP contribution < -0.4 is 15.4 Å². The summed E-state index contributed by atoms with van der Waals surface area (Å²) < 4.78 is 5.87. The van der Waals surface area contributed by atoms with E-state index in [9.17, 15) is 4.79 Å². The number of nitrogens with one attached hydrogen (secondary N) is 2. The van der Waals surface area contributed by atoms with Gasteiger partial charge in [-0.25, -0.2) is 0 Å². The second kappa shape index (κ2) is 10.8. The number of carbonyl (C=O) groups is 1. The number of rotatable bonds is 11. The molecule has 5 nitrogen and oxygen atoms in total. The maximum Gasteiger partial charge on any atom is 0.219 e. The van der Waals surface area contributed by atoms with Gasteiger partial charge in [0.05, 0.1) is 6.20 Å². The van der Waals surface area contributed by atoms with Crippen LogP contribution in [0, 0.1) is 0 Å². The number of aromatic nitrogens is 1. The predicted molar refractivity (Wildman–Crippen MR) is 112 cm³/mol. The van der Waals surface area contributed by atoms with Crippen molar-refractivity contribution in [2.45, 2.75) is 51.5 Å². The van der Waals surface area contributed by atoms with Gasteiger partial charge in [-0.05, 0) is 49.4 Å². The highest BCUT2D eigenvalue weighted by molar-refractivity contribution is 5.75. The summed E-state index contributed by atoms with van der Waals surface area (Å²) in [5.41, 5.74) is 3.48. The molecule has 2 aromatic rings. The van der Waals surface area contributed by atoms with Crippen LogP contribution in [-0.2, 0) is 11.2 Å². The Labute approximate surface area is 167 Å². The van der Waals surface area contributed by atoms with Crippen molar-refractivity contribution in [1.82, 2.24) is 15.6 Å². The van der Waals surface area contributed by atoms with Crippen molar-refractivity contribution in [2.75, 3.05) is 19.7 Å². The van der Waals surface area contributed by atoms with Gasteiger partial charge < -0.3 is 15.4 Å². The highest BCUT2D eigenvalue weighted by Gasteiger charge is 2.16. The fourth-order valence-electron chi connectivity index (χ4n) is 3.20. The van der Waals surface area contributed by atoms with E-state index in [0.29, 0.717) is 19.1 Å². The average molecular weight is 382 g/mol. The van der Waals surface area contributed by atoms with Crippen LogP contribution in [0.2, 0.25) is 0 Å². The number of amides is 1. The fraction of sp³-hybridized carbons (Fsp3) is 0.478. The third-order valence-corrected chi connectivity index (χ3v) is 5.07. The van der Waals surface area contributed by atoms with Crippen molar-refractivity contribution in [1.29, 1.82) is 0 Å². The van der Waals surface area contributed by atoms with Crippen LogP contribution in [0.15, 0.2) is 42.7 Å². The molecule has 1 aromatic carbocycles. The molecule has 0 spiro atoms. The monoisotopic (exact) mass is 381 g/mol. The van der Waals surface area contributed by atoms with Crippen LogP contribution >= 0.6 is 0 Å². The molecule has 1 aromatic heterocycles. The van der Waals surface area contributed by atoms with E-state index >= 15 is 0 Å². The molecule has 0 unspecified atom stereocenters. The zero-order valence-electron chi connectivity index (χ0n) is 16.7. The minimum absolute atomic E-state index is 0.163. The number of unbranched alkanes of at least 4 members (excludes halogenated alkanes) is 1. The molecule has 1 aliphatic rings. The Kier molecular flexibility index (Phi) is 7.85. The molecule has 5 heteroatoms. The van der Waals surface area contributed by atoms with E-state index in [1.54, 1.807) is 6.20 Å². The van der Waals surface area contributed by atoms with Gasteiger partial charge >= 0.3 is 0 Å². The minimum atomic E-state index is 0.163. The summed E-state index contributed by atoms with van der Waals surface area (Å²) in [6.45, 7) is 4.60. The van der Waals surface area contributed by atoms with Gasteiger partial charge in [-0.3, -0.25) is 9.78 Å². The van der Waals surface area contributed by atoms with Crippen LogP contribution in [0.3, 0.4) is 0 Å². The number of ether oxygens (including phenoxy) is 1. The molecule has 1 aliphatic heterocycles. The first-order chi connectivity index (χ1) is 13.7. The van der Waals surface area contributed by atoms with Crippen LogP contribution in [-0.4, -0.2) is 36.6 Å². The Morgan fingerprint density at radius 3 is 2.93 bits per heavy atom. The number of benzene rings is 1. The molecule has 3 rings (SSSR count). The van der Waals surface area contributed by atoms with Crippen molar-refractivity contribution >= 4 is 5.91 Å². The van der Waals surface area contributed by atoms with Crippen molar-refractivity contribution in [3.8, 4) is 16.9 Å². The molecule has 28 heavy (non-hydrogen) atoms. The summed E-state index contributed by atoms with van der Waals surface area (Å²) in [4.78, 5) is 16.0. The molecule has 0 saturated carbocycles. The van der Waals surface area contributed by atoms with Crippen molar-refractivity contribution < 1.29 is 9.53 Å². The fourth-order valence-corrected chi connectivity index (χ4v) is 3.20. The number of carbonyl (C=O) groups excluding carboxylic acids is 1.